The topological polar surface area (TPSA) is 77.0 Å². The third-order valence-corrected chi connectivity index (χ3v) is 7.24. The zero-order valence-corrected chi connectivity index (χ0v) is 19.9. The second-order valence-corrected chi connectivity index (χ2v) is 9.39. The second kappa shape index (κ2) is 10.1. The Morgan fingerprint density at radius 2 is 1.94 bits per heavy atom. The number of carboxylic acid groups (broad SMARTS) is 1. The summed E-state index contributed by atoms with van der Waals surface area (Å²) in [4.78, 5) is 12.1. The minimum Gasteiger partial charge on any atom is -0.496 e. The molecule has 0 aromatic heterocycles. The molecule has 0 amide bonds. The average molecular weight is 454 g/mol. The van der Waals surface area contributed by atoms with E-state index < -0.39 is 11.5 Å². The number of aryl methyl sites for hydroxylation is 2. The molecule has 2 heterocycles. The van der Waals surface area contributed by atoms with Gasteiger partial charge in [0, 0.05) is 45.0 Å². The van der Waals surface area contributed by atoms with Crippen molar-refractivity contribution in [3.8, 4) is 16.9 Å². The molecule has 178 valence electrons. The van der Waals surface area contributed by atoms with Crippen molar-refractivity contribution in [1.82, 2.24) is 0 Å². The summed E-state index contributed by atoms with van der Waals surface area (Å²) in [5, 5.41) is 13.3. The first kappa shape index (κ1) is 23.6. The number of rotatable bonds is 8. The quantitative estimate of drug-likeness (QED) is 0.586. The van der Waals surface area contributed by atoms with Crippen LogP contribution in [-0.2, 0) is 20.7 Å². The highest BCUT2D eigenvalue weighted by molar-refractivity contribution is 5.83. The Kier molecular flexibility index (Phi) is 7.25. The number of benzene rings is 2. The number of methoxy groups -OCH3 is 1. The lowest BCUT2D eigenvalue weighted by Gasteiger charge is -2.35. The maximum Gasteiger partial charge on any atom is 0.329 e. The van der Waals surface area contributed by atoms with E-state index in [1.54, 1.807) is 7.11 Å². The molecule has 1 atom stereocenters. The standard InChI is InChI=1S/C27H35NO5/c1-18-14-22(16-25(31-3)19(18)2)24-7-6-23(15-21(24)5-4-20-8-11-33-17-20)28-27(26(29)30)9-12-32-13-10-27/h6-7,14-16,20,28H,4-5,8-13,17H2,1-3H3,(H,29,30)/t20-/m0/s1. The number of nitrogens with one attached hydrogen (secondary N) is 1. The molecule has 6 nitrogen and oxygen atoms in total. The number of aliphatic carboxylic acids is 1. The number of carboxylic acids is 1. The molecule has 2 saturated heterocycles. The molecule has 2 aromatic rings. The van der Waals surface area contributed by atoms with E-state index >= 15 is 0 Å². The summed E-state index contributed by atoms with van der Waals surface area (Å²) < 4.78 is 16.6. The molecule has 2 aliphatic rings. The van der Waals surface area contributed by atoms with Crippen LogP contribution in [0.15, 0.2) is 30.3 Å². The summed E-state index contributed by atoms with van der Waals surface area (Å²) in [6.45, 7) is 6.76. The van der Waals surface area contributed by atoms with Crippen LogP contribution >= 0.6 is 0 Å². The maximum atomic E-state index is 12.1. The summed E-state index contributed by atoms with van der Waals surface area (Å²) >= 11 is 0. The summed E-state index contributed by atoms with van der Waals surface area (Å²) in [5.41, 5.74) is 5.69. The van der Waals surface area contributed by atoms with Crippen molar-refractivity contribution in [2.24, 2.45) is 5.92 Å². The summed E-state index contributed by atoms with van der Waals surface area (Å²) in [7, 11) is 1.71. The van der Waals surface area contributed by atoms with Gasteiger partial charge in [-0.15, -0.1) is 0 Å². The molecule has 2 N–H and O–H groups in total. The van der Waals surface area contributed by atoms with Gasteiger partial charge < -0.3 is 24.6 Å². The SMILES string of the molecule is COc1cc(-c2ccc(NC3(C(=O)O)CCOCC3)cc2CC[C@H]2CCOC2)cc(C)c1C. The van der Waals surface area contributed by atoms with Crippen molar-refractivity contribution in [2.45, 2.75) is 51.5 Å². The lowest BCUT2D eigenvalue weighted by Crippen LogP contribution is -2.50. The third kappa shape index (κ3) is 5.17. The van der Waals surface area contributed by atoms with E-state index in [9.17, 15) is 9.90 Å². The zero-order valence-electron chi connectivity index (χ0n) is 19.9. The molecule has 0 spiro atoms. The highest BCUT2D eigenvalue weighted by Gasteiger charge is 2.40. The van der Waals surface area contributed by atoms with Gasteiger partial charge in [-0.05, 0) is 85.0 Å². The predicted molar refractivity (Wildman–Crippen MR) is 129 cm³/mol. The molecule has 33 heavy (non-hydrogen) atoms. The van der Waals surface area contributed by atoms with Crippen molar-refractivity contribution >= 4 is 11.7 Å². The smallest absolute Gasteiger partial charge is 0.329 e. The summed E-state index contributed by atoms with van der Waals surface area (Å²) in [5.74, 6) is 0.636. The van der Waals surface area contributed by atoms with Crippen LogP contribution in [0.25, 0.3) is 11.1 Å². The third-order valence-electron chi connectivity index (χ3n) is 7.24. The van der Waals surface area contributed by atoms with Crippen LogP contribution in [0, 0.1) is 19.8 Å². The lowest BCUT2D eigenvalue weighted by atomic mass is 9.88. The minimum absolute atomic E-state index is 0.452. The van der Waals surface area contributed by atoms with Gasteiger partial charge in [0.15, 0.2) is 0 Å². The highest BCUT2D eigenvalue weighted by Crippen LogP contribution is 2.35. The van der Waals surface area contributed by atoms with Crippen LogP contribution in [0.2, 0.25) is 0 Å². The van der Waals surface area contributed by atoms with Crippen LogP contribution in [0.3, 0.4) is 0 Å². The Morgan fingerprint density at radius 1 is 1.15 bits per heavy atom. The second-order valence-electron chi connectivity index (χ2n) is 9.39. The van der Waals surface area contributed by atoms with Gasteiger partial charge >= 0.3 is 5.97 Å². The Hall–Kier alpha value is -2.57. The Labute approximate surface area is 196 Å². The Morgan fingerprint density at radius 3 is 2.61 bits per heavy atom. The van der Waals surface area contributed by atoms with E-state index in [1.165, 1.54) is 11.1 Å². The van der Waals surface area contributed by atoms with E-state index in [2.05, 4.69) is 43.4 Å². The molecule has 0 saturated carbocycles. The van der Waals surface area contributed by atoms with E-state index in [4.69, 9.17) is 14.2 Å². The number of ether oxygens (including phenoxy) is 3. The van der Waals surface area contributed by atoms with Gasteiger partial charge in [0.1, 0.15) is 11.3 Å². The first-order valence-corrected chi connectivity index (χ1v) is 11.9. The van der Waals surface area contributed by atoms with Crippen molar-refractivity contribution in [3.63, 3.8) is 0 Å². The van der Waals surface area contributed by atoms with E-state index in [0.717, 1.165) is 60.6 Å². The molecule has 0 bridgehead atoms. The molecular formula is C27H35NO5. The highest BCUT2D eigenvalue weighted by atomic mass is 16.5. The normalized spacial score (nSPS) is 19.9. The fourth-order valence-corrected chi connectivity index (χ4v) is 4.91. The van der Waals surface area contributed by atoms with Crippen molar-refractivity contribution in [3.05, 3.63) is 47.0 Å². The van der Waals surface area contributed by atoms with Crippen LogP contribution in [0.5, 0.6) is 5.75 Å². The van der Waals surface area contributed by atoms with Gasteiger partial charge in [-0.1, -0.05) is 12.1 Å². The molecule has 0 aliphatic carbocycles. The number of carbonyl (C=O) groups is 1. The summed E-state index contributed by atoms with van der Waals surface area (Å²) in [6.07, 6.45) is 3.97. The molecule has 0 unspecified atom stereocenters. The van der Waals surface area contributed by atoms with Crippen molar-refractivity contribution in [2.75, 3.05) is 38.9 Å². The first-order chi connectivity index (χ1) is 15.9. The van der Waals surface area contributed by atoms with Crippen molar-refractivity contribution in [1.29, 1.82) is 0 Å². The maximum absolute atomic E-state index is 12.1. The van der Waals surface area contributed by atoms with E-state index in [1.807, 2.05) is 6.07 Å². The molecule has 6 heteroatoms. The van der Waals surface area contributed by atoms with Crippen LogP contribution in [-0.4, -0.2) is 50.2 Å². The number of hydrogen-bond acceptors (Lipinski definition) is 5. The molecular weight excluding hydrogens is 418 g/mol. The Bertz CT molecular complexity index is 990. The summed E-state index contributed by atoms with van der Waals surface area (Å²) in [6, 6.07) is 10.6. The Balaban J connectivity index is 1.69. The van der Waals surface area contributed by atoms with Crippen molar-refractivity contribution < 1.29 is 24.1 Å². The number of hydrogen-bond donors (Lipinski definition) is 2. The van der Waals surface area contributed by atoms with Gasteiger partial charge in [0.2, 0.25) is 0 Å². The fraction of sp³-hybridized carbons (Fsp3) is 0.519. The van der Waals surface area contributed by atoms with Crippen LogP contribution < -0.4 is 10.1 Å². The largest absolute Gasteiger partial charge is 0.496 e. The number of anilines is 1. The average Bonchev–Trinajstić information content (AvgIpc) is 3.34. The zero-order chi connectivity index (χ0) is 23.4. The van der Waals surface area contributed by atoms with Gasteiger partial charge in [-0.2, -0.15) is 0 Å². The van der Waals surface area contributed by atoms with Crippen LogP contribution in [0.4, 0.5) is 5.69 Å². The molecule has 2 aliphatic heterocycles. The predicted octanol–water partition coefficient (Wildman–Crippen LogP) is 4.99. The minimum atomic E-state index is -0.986. The van der Waals surface area contributed by atoms with E-state index in [-0.39, 0.29) is 0 Å². The van der Waals surface area contributed by atoms with Gasteiger partial charge in [0.25, 0.3) is 0 Å². The van der Waals surface area contributed by atoms with Gasteiger partial charge in [0.05, 0.1) is 7.11 Å². The van der Waals surface area contributed by atoms with E-state index in [0.29, 0.717) is 32.0 Å². The molecule has 0 radical (unpaired) electrons. The first-order valence-electron chi connectivity index (χ1n) is 11.9. The van der Waals surface area contributed by atoms with Gasteiger partial charge in [-0.25, -0.2) is 4.79 Å². The fourth-order valence-electron chi connectivity index (χ4n) is 4.91. The van der Waals surface area contributed by atoms with Crippen LogP contribution in [0.1, 0.15) is 42.4 Å². The monoisotopic (exact) mass is 453 g/mol. The molecule has 2 aromatic carbocycles. The van der Waals surface area contributed by atoms with Gasteiger partial charge in [-0.3, -0.25) is 0 Å². The lowest BCUT2D eigenvalue weighted by molar-refractivity contribution is -0.145. The molecule has 2 fully saturated rings. The molecule has 4 rings (SSSR count).